The number of benzene rings is 1. The van der Waals surface area contributed by atoms with Crippen LogP contribution in [0.2, 0.25) is 0 Å². The second kappa shape index (κ2) is 6.28. The lowest BCUT2D eigenvalue weighted by atomic mass is 9.82. The van der Waals surface area contributed by atoms with Gasteiger partial charge in [-0.25, -0.2) is 4.99 Å². The van der Waals surface area contributed by atoms with Crippen molar-refractivity contribution in [3.63, 3.8) is 0 Å². The fourth-order valence-corrected chi connectivity index (χ4v) is 3.31. The Labute approximate surface area is 156 Å². The zero-order chi connectivity index (χ0) is 19.0. The average molecular weight is 358 g/mol. The van der Waals surface area contributed by atoms with Crippen molar-refractivity contribution in [2.24, 2.45) is 10.7 Å². The van der Waals surface area contributed by atoms with E-state index in [0.717, 1.165) is 22.5 Å². The molecule has 27 heavy (non-hydrogen) atoms. The molecule has 0 radical (unpaired) electrons. The molecule has 3 heterocycles. The molecule has 1 unspecified atom stereocenters. The summed E-state index contributed by atoms with van der Waals surface area (Å²) < 4.78 is 0. The minimum absolute atomic E-state index is 0.180. The molecule has 3 aromatic rings. The zero-order valence-electron chi connectivity index (χ0n) is 15.0. The highest BCUT2D eigenvalue weighted by atomic mass is 16.2. The number of likely N-dealkylation sites (N-methyl/N-ethyl adjacent to an activating group) is 1. The molecular weight excluding hydrogens is 340 g/mol. The molecule has 7 heteroatoms. The lowest BCUT2D eigenvalue weighted by Gasteiger charge is -2.26. The van der Waals surface area contributed by atoms with Crippen molar-refractivity contribution >= 4 is 11.9 Å². The van der Waals surface area contributed by atoms with Crippen molar-refractivity contribution in [1.82, 2.24) is 19.9 Å². The fraction of sp³-hybridized carbons (Fsp3) is 0.150. The number of carbonyl (C=O) groups is 1. The Hall–Kier alpha value is -3.61. The van der Waals surface area contributed by atoms with Crippen LogP contribution in [-0.2, 0) is 10.3 Å². The summed E-state index contributed by atoms with van der Waals surface area (Å²) in [6.07, 6.45) is 6.61. The fourth-order valence-electron chi connectivity index (χ4n) is 3.31. The molecule has 1 amide bonds. The Morgan fingerprint density at radius 1 is 1.04 bits per heavy atom. The normalized spacial score (nSPS) is 19.3. The topological polar surface area (TPSA) is 97.4 Å². The minimum Gasteiger partial charge on any atom is -0.369 e. The third-order valence-corrected chi connectivity index (χ3v) is 4.69. The maximum atomic E-state index is 13.3. The molecule has 4 rings (SSSR count). The van der Waals surface area contributed by atoms with Gasteiger partial charge in [-0.1, -0.05) is 18.2 Å². The van der Waals surface area contributed by atoms with E-state index in [1.165, 1.54) is 4.90 Å². The Morgan fingerprint density at radius 3 is 2.52 bits per heavy atom. The van der Waals surface area contributed by atoms with E-state index in [2.05, 4.69) is 19.9 Å². The van der Waals surface area contributed by atoms with Gasteiger partial charge in [-0.05, 0) is 36.2 Å². The highest BCUT2D eigenvalue weighted by Gasteiger charge is 2.49. The van der Waals surface area contributed by atoms with Gasteiger partial charge >= 0.3 is 0 Å². The summed E-state index contributed by atoms with van der Waals surface area (Å²) in [5, 5.41) is 0. The Balaban J connectivity index is 1.95. The van der Waals surface area contributed by atoms with Crippen LogP contribution in [0.5, 0.6) is 0 Å². The molecule has 0 saturated heterocycles. The predicted octanol–water partition coefficient (Wildman–Crippen LogP) is 1.88. The van der Waals surface area contributed by atoms with Gasteiger partial charge in [-0.3, -0.25) is 24.6 Å². The summed E-state index contributed by atoms with van der Waals surface area (Å²) in [6.45, 7) is 1.88. The molecule has 1 aliphatic rings. The van der Waals surface area contributed by atoms with Crippen LogP contribution in [0.3, 0.4) is 0 Å². The maximum Gasteiger partial charge on any atom is 0.266 e. The minimum atomic E-state index is -1.25. The van der Waals surface area contributed by atoms with Gasteiger partial charge in [0, 0.05) is 36.9 Å². The molecule has 7 nitrogen and oxygen atoms in total. The number of hydrogen-bond acceptors (Lipinski definition) is 6. The highest BCUT2D eigenvalue weighted by molar-refractivity contribution is 6.09. The van der Waals surface area contributed by atoms with Crippen molar-refractivity contribution < 1.29 is 4.79 Å². The van der Waals surface area contributed by atoms with E-state index in [0.29, 0.717) is 5.56 Å². The van der Waals surface area contributed by atoms with Crippen LogP contribution in [0.4, 0.5) is 0 Å². The van der Waals surface area contributed by atoms with Gasteiger partial charge in [0.25, 0.3) is 5.91 Å². The van der Waals surface area contributed by atoms with Crippen LogP contribution in [0.15, 0.2) is 66.2 Å². The summed E-state index contributed by atoms with van der Waals surface area (Å²) in [7, 11) is 1.63. The van der Waals surface area contributed by atoms with E-state index < -0.39 is 5.54 Å². The lowest BCUT2D eigenvalue weighted by molar-refractivity contribution is -0.129. The number of aromatic nitrogens is 3. The van der Waals surface area contributed by atoms with E-state index in [1.807, 2.05) is 37.3 Å². The first kappa shape index (κ1) is 16.8. The predicted molar refractivity (Wildman–Crippen MR) is 102 cm³/mol. The number of nitrogens with two attached hydrogens (primary N) is 1. The molecule has 1 atom stereocenters. The maximum absolute atomic E-state index is 13.3. The van der Waals surface area contributed by atoms with Crippen LogP contribution in [0, 0.1) is 6.92 Å². The largest absolute Gasteiger partial charge is 0.369 e. The molecule has 1 aromatic carbocycles. The lowest BCUT2D eigenvalue weighted by Crippen LogP contribution is -2.41. The van der Waals surface area contributed by atoms with Crippen molar-refractivity contribution in [2.75, 3.05) is 7.05 Å². The van der Waals surface area contributed by atoms with E-state index >= 15 is 0 Å². The first-order valence-corrected chi connectivity index (χ1v) is 8.46. The smallest absolute Gasteiger partial charge is 0.266 e. The van der Waals surface area contributed by atoms with Crippen LogP contribution >= 0.6 is 0 Å². The van der Waals surface area contributed by atoms with Gasteiger partial charge in [0.2, 0.25) is 0 Å². The van der Waals surface area contributed by atoms with E-state index in [1.54, 1.807) is 37.9 Å². The molecular formula is C20H18N6O. The summed E-state index contributed by atoms with van der Waals surface area (Å²) in [4.78, 5) is 32.0. The van der Waals surface area contributed by atoms with Crippen molar-refractivity contribution in [1.29, 1.82) is 0 Å². The number of carbonyl (C=O) groups excluding carboxylic acids is 1. The van der Waals surface area contributed by atoms with Gasteiger partial charge in [0.1, 0.15) is 0 Å². The Kier molecular flexibility index (Phi) is 3.92. The Bertz CT molecular complexity index is 1050. The number of hydrogen-bond donors (Lipinski definition) is 1. The molecule has 2 aromatic heterocycles. The van der Waals surface area contributed by atoms with E-state index in [-0.39, 0.29) is 11.9 Å². The first-order valence-electron chi connectivity index (χ1n) is 8.46. The van der Waals surface area contributed by atoms with Crippen LogP contribution < -0.4 is 5.73 Å². The van der Waals surface area contributed by atoms with Gasteiger partial charge in [0.15, 0.2) is 11.5 Å². The van der Waals surface area contributed by atoms with Gasteiger partial charge in [0.05, 0.1) is 11.9 Å². The SMILES string of the molecule is Cc1cc(C2(c3cccc(-c4cnccn4)c3)N=C(N)N(C)C2=O)ccn1. The number of aliphatic imine (C=N–C) groups is 1. The van der Waals surface area contributed by atoms with E-state index in [9.17, 15) is 4.79 Å². The molecule has 1 aliphatic heterocycles. The van der Waals surface area contributed by atoms with Crippen LogP contribution in [0.25, 0.3) is 11.3 Å². The molecule has 0 fully saturated rings. The molecule has 0 aliphatic carbocycles. The average Bonchev–Trinajstić information content (AvgIpc) is 2.94. The third-order valence-electron chi connectivity index (χ3n) is 4.69. The molecule has 0 saturated carbocycles. The van der Waals surface area contributed by atoms with E-state index in [4.69, 9.17) is 5.73 Å². The van der Waals surface area contributed by atoms with Gasteiger partial charge < -0.3 is 5.73 Å². The highest BCUT2D eigenvalue weighted by Crippen LogP contribution is 2.40. The summed E-state index contributed by atoms with van der Waals surface area (Å²) in [5.41, 5.74) is 8.59. The molecule has 2 N–H and O–H groups in total. The number of nitrogens with zero attached hydrogens (tertiary/aromatic N) is 5. The molecule has 134 valence electrons. The van der Waals surface area contributed by atoms with Crippen molar-refractivity contribution in [3.8, 4) is 11.3 Å². The number of guanidine groups is 1. The van der Waals surface area contributed by atoms with Crippen molar-refractivity contribution in [3.05, 3.63) is 78.0 Å². The summed E-state index contributed by atoms with van der Waals surface area (Å²) >= 11 is 0. The standard InChI is InChI=1S/C20H18N6O/c1-13-10-16(6-7-23-13)20(18(27)26(2)19(21)25-20)15-5-3-4-14(11-15)17-12-22-8-9-24-17/h3-12H,1-2H3,(H2,21,25). The monoisotopic (exact) mass is 358 g/mol. The summed E-state index contributed by atoms with van der Waals surface area (Å²) in [5.74, 6) is -0.0266. The quantitative estimate of drug-likeness (QED) is 0.771. The summed E-state index contributed by atoms with van der Waals surface area (Å²) in [6, 6.07) is 11.3. The second-order valence-corrected chi connectivity index (χ2v) is 6.40. The zero-order valence-corrected chi connectivity index (χ0v) is 15.0. The number of aryl methyl sites for hydroxylation is 1. The van der Waals surface area contributed by atoms with Gasteiger partial charge in [-0.15, -0.1) is 0 Å². The Morgan fingerprint density at radius 2 is 1.85 bits per heavy atom. The first-order chi connectivity index (χ1) is 13.0. The second-order valence-electron chi connectivity index (χ2n) is 6.40. The third kappa shape index (κ3) is 2.64. The number of rotatable bonds is 3. The van der Waals surface area contributed by atoms with Gasteiger partial charge in [-0.2, -0.15) is 0 Å². The van der Waals surface area contributed by atoms with Crippen molar-refractivity contribution in [2.45, 2.75) is 12.5 Å². The van der Waals surface area contributed by atoms with Crippen LogP contribution in [0.1, 0.15) is 16.8 Å². The molecule has 0 spiro atoms. The number of pyridine rings is 1. The molecule has 0 bridgehead atoms. The van der Waals surface area contributed by atoms with Crippen LogP contribution in [-0.4, -0.2) is 38.8 Å². The number of amides is 1.